The van der Waals surface area contributed by atoms with Gasteiger partial charge in [-0.1, -0.05) is 18.2 Å². The number of methoxy groups -OCH3 is 1. The molecule has 0 saturated heterocycles. The molecule has 1 unspecified atom stereocenters. The van der Waals surface area contributed by atoms with Gasteiger partial charge in [0, 0.05) is 26.4 Å². The Labute approximate surface area is 160 Å². The molecular weight excluding hydrogens is 368 g/mol. The zero-order valence-corrected chi connectivity index (χ0v) is 15.2. The number of amides is 1. The first kappa shape index (κ1) is 19.4. The van der Waals surface area contributed by atoms with Gasteiger partial charge in [0.25, 0.3) is 5.91 Å². The lowest BCUT2D eigenvalue weighted by Crippen LogP contribution is -2.52. The maximum absolute atomic E-state index is 12.9. The molecule has 28 heavy (non-hydrogen) atoms. The van der Waals surface area contributed by atoms with Crippen molar-refractivity contribution in [1.29, 1.82) is 0 Å². The first-order valence-corrected chi connectivity index (χ1v) is 8.61. The Balaban J connectivity index is 1.96. The maximum Gasteiger partial charge on any atom is 0.341 e. The van der Waals surface area contributed by atoms with E-state index in [0.29, 0.717) is 5.75 Å². The van der Waals surface area contributed by atoms with Crippen LogP contribution in [0.4, 0.5) is 0 Å². The average molecular weight is 388 g/mol. The monoisotopic (exact) mass is 388 g/mol. The number of aromatic carboxylic acids is 1. The molecule has 0 fully saturated rings. The summed E-state index contributed by atoms with van der Waals surface area (Å²) in [7, 11) is 1.50. The molecule has 2 aromatic rings. The molecule has 2 heterocycles. The summed E-state index contributed by atoms with van der Waals surface area (Å²) in [5.74, 6) is -2.30. The van der Waals surface area contributed by atoms with Gasteiger partial charge < -0.3 is 29.2 Å². The molecule has 2 N–H and O–H groups in total. The number of carboxylic acid groups (broad SMARTS) is 1. The fraction of sp³-hybridized carbons (Fsp3) is 0.316. The Morgan fingerprint density at radius 2 is 1.96 bits per heavy atom. The number of carbonyl (C=O) groups excluding carboxylic acids is 1. The molecule has 3 rings (SSSR count). The van der Waals surface area contributed by atoms with Crippen LogP contribution in [0.3, 0.4) is 0 Å². The van der Waals surface area contributed by atoms with Crippen LogP contribution < -0.4 is 10.2 Å². The molecule has 0 saturated carbocycles. The van der Waals surface area contributed by atoms with Crippen LogP contribution in [0.5, 0.6) is 11.5 Å². The van der Waals surface area contributed by atoms with Gasteiger partial charge >= 0.3 is 5.97 Å². The van der Waals surface area contributed by atoms with Gasteiger partial charge in [-0.3, -0.25) is 9.59 Å². The van der Waals surface area contributed by atoms with Crippen molar-refractivity contribution >= 4 is 11.9 Å². The highest BCUT2D eigenvalue weighted by Gasteiger charge is 2.36. The molecular formula is C19H20N2O7. The molecule has 1 atom stereocenters. The smallest absolute Gasteiger partial charge is 0.341 e. The zero-order chi connectivity index (χ0) is 20.3. The van der Waals surface area contributed by atoms with Crippen LogP contribution in [-0.4, -0.2) is 64.5 Å². The van der Waals surface area contributed by atoms with Crippen molar-refractivity contribution in [3.63, 3.8) is 0 Å². The van der Waals surface area contributed by atoms with Gasteiger partial charge in [0.2, 0.25) is 5.43 Å². The molecule has 1 aromatic heterocycles. The fourth-order valence-electron chi connectivity index (χ4n) is 3.12. The van der Waals surface area contributed by atoms with E-state index in [0.717, 1.165) is 6.20 Å². The highest BCUT2D eigenvalue weighted by molar-refractivity contribution is 5.97. The van der Waals surface area contributed by atoms with E-state index in [4.69, 9.17) is 9.47 Å². The van der Waals surface area contributed by atoms with E-state index in [1.165, 1.54) is 16.6 Å². The van der Waals surface area contributed by atoms with E-state index in [9.17, 15) is 24.6 Å². The largest absolute Gasteiger partial charge is 0.503 e. The van der Waals surface area contributed by atoms with Crippen LogP contribution in [0.25, 0.3) is 0 Å². The first-order valence-electron chi connectivity index (χ1n) is 8.61. The molecule has 0 bridgehead atoms. The van der Waals surface area contributed by atoms with E-state index in [2.05, 4.69) is 0 Å². The minimum absolute atomic E-state index is 0.147. The third-order valence-corrected chi connectivity index (χ3v) is 4.52. The zero-order valence-electron chi connectivity index (χ0n) is 15.2. The highest BCUT2D eigenvalue weighted by Crippen LogP contribution is 2.24. The molecule has 1 aromatic carbocycles. The molecule has 1 amide bonds. The van der Waals surface area contributed by atoms with Crippen molar-refractivity contribution in [3.8, 4) is 11.5 Å². The Kier molecular flexibility index (Phi) is 5.65. The molecule has 9 nitrogen and oxygen atoms in total. The number of carboxylic acids is 1. The fourth-order valence-corrected chi connectivity index (χ4v) is 3.12. The third-order valence-electron chi connectivity index (χ3n) is 4.52. The topological polar surface area (TPSA) is 118 Å². The number of aromatic hydroxyl groups is 1. The van der Waals surface area contributed by atoms with E-state index < -0.39 is 34.7 Å². The van der Waals surface area contributed by atoms with Crippen molar-refractivity contribution in [2.75, 3.05) is 26.9 Å². The van der Waals surface area contributed by atoms with Gasteiger partial charge in [0.05, 0.1) is 12.6 Å². The Hall–Kier alpha value is -3.33. The summed E-state index contributed by atoms with van der Waals surface area (Å²) in [4.78, 5) is 37.8. The molecule has 0 aliphatic carbocycles. The van der Waals surface area contributed by atoms with Crippen LogP contribution >= 0.6 is 0 Å². The summed E-state index contributed by atoms with van der Waals surface area (Å²) in [6, 6.07) is 8.61. The number of aromatic nitrogens is 1. The molecule has 1 aliphatic rings. The molecule has 0 spiro atoms. The summed E-state index contributed by atoms with van der Waals surface area (Å²) in [5, 5.41) is 19.4. The van der Waals surface area contributed by atoms with Crippen molar-refractivity contribution in [3.05, 3.63) is 58.0 Å². The third kappa shape index (κ3) is 3.70. The summed E-state index contributed by atoms with van der Waals surface area (Å²) >= 11 is 0. The minimum Gasteiger partial charge on any atom is -0.503 e. The van der Waals surface area contributed by atoms with Gasteiger partial charge in [-0.2, -0.15) is 0 Å². The first-order chi connectivity index (χ1) is 13.4. The molecule has 0 radical (unpaired) electrons. The molecule has 148 valence electrons. The van der Waals surface area contributed by atoms with Gasteiger partial charge in [0.1, 0.15) is 17.9 Å². The minimum atomic E-state index is -1.47. The Morgan fingerprint density at radius 1 is 1.25 bits per heavy atom. The van der Waals surface area contributed by atoms with Crippen LogP contribution in [0, 0.1) is 0 Å². The number of nitrogens with zero attached hydrogens (tertiary/aromatic N) is 2. The second-order valence-electron chi connectivity index (χ2n) is 6.30. The summed E-state index contributed by atoms with van der Waals surface area (Å²) in [6.45, 7) is 0.790. The molecule has 9 heteroatoms. The predicted molar refractivity (Wildman–Crippen MR) is 98.0 cm³/mol. The number of fused-ring (bicyclic) bond motifs is 1. The summed E-state index contributed by atoms with van der Waals surface area (Å²) in [6.07, 6.45) is 1.08. The van der Waals surface area contributed by atoms with Crippen LogP contribution in [0.2, 0.25) is 0 Å². The highest BCUT2D eigenvalue weighted by atomic mass is 16.5. The lowest BCUT2D eigenvalue weighted by Gasteiger charge is -2.37. The Bertz CT molecular complexity index is 939. The second-order valence-corrected chi connectivity index (χ2v) is 6.30. The predicted octanol–water partition coefficient (Wildman–Crippen LogP) is 0.802. The van der Waals surface area contributed by atoms with Crippen molar-refractivity contribution in [2.45, 2.75) is 12.6 Å². The molecule has 1 aliphatic heterocycles. The van der Waals surface area contributed by atoms with Crippen molar-refractivity contribution in [1.82, 2.24) is 9.47 Å². The van der Waals surface area contributed by atoms with Crippen LogP contribution in [-0.2, 0) is 11.3 Å². The lowest BCUT2D eigenvalue weighted by atomic mass is 10.1. The van der Waals surface area contributed by atoms with Crippen molar-refractivity contribution in [2.24, 2.45) is 0 Å². The SMILES string of the molecule is COCCN1C(=O)c2c(O)c(=O)c(C(=O)O)cn2CC1COc1ccccc1. The Morgan fingerprint density at radius 3 is 2.61 bits per heavy atom. The van der Waals surface area contributed by atoms with Crippen molar-refractivity contribution < 1.29 is 29.3 Å². The summed E-state index contributed by atoms with van der Waals surface area (Å²) in [5.41, 5.74) is -1.91. The van der Waals surface area contributed by atoms with Gasteiger partial charge in [0.15, 0.2) is 11.4 Å². The number of para-hydroxylation sites is 1. The number of carbonyl (C=O) groups is 2. The standard InChI is InChI=1S/C19H20N2O7/c1-27-8-7-21-12(11-28-13-5-3-2-4-6-13)9-20-10-14(19(25)26)16(22)17(23)15(20)18(21)24/h2-6,10,12,23H,7-9,11H2,1H3,(H,25,26). The number of ether oxygens (including phenoxy) is 2. The van der Waals surface area contributed by atoms with Gasteiger partial charge in [-0.15, -0.1) is 0 Å². The van der Waals surface area contributed by atoms with E-state index in [1.54, 1.807) is 12.1 Å². The van der Waals surface area contributed by atoms with E-state index >= 15 is 0 Å². The van der Waals surface area contributed by atoms with Gasteiger partial charge in [-0.05, 0) is 12.1 Å². The lowest BCUT2D eigenvalue weighted by molar-refractivity contribution is 0.0411. The normalized spacial score (nSPS) is 16.0. The number of pyridine rings is 1. The quantitative estimate of drug-likeness (QED) is 0.720. The van der Waals surface area contributed by atoms with E-state index in [1.807, 2.05) is 18.2 Å². The van der Waals surface area contributed by atoms with Crippen LogP contribution in [0.1, 0.15) is 20.8 Å². The maximum atomic E-state index is 12.9. The van der Waals surface area contributed by atoms with Crippen LogP contribution in [0.15, 0.2) is 41.3 Å². The summed E-state index contributed by atoms with van der Waals surface area (Å²) < 4.78 is 12.1. The van der Waals surface area contributed by atoms with E-state index in [-0.39, 0.29) is 32.0 Å². The average Bonchev–Trinajstić information content (AvgIpc) is 2.68. The number of benzene rings is 1. The number of rotatable bonds is 7. The second kappa shape index (κ2) is 8.13. The number of hydrogen-bond donors (Lipinski definition) is 2. The number of hydrogen-bond acceptors (Lipinski definition) is 6. The van der Waals surface area contributed by atoms with Gasteiger partial charge in [-0.25, -0.2) is 4.79 Å².